The SMILES string of the molecule is CC[C@H]1Cc2c(F)cc(C(=O)NO)cc2CN1C[C@H]1C2CCC(CC2)N1C1CC1. The van der Waals surface area contributed by atoms with Crippen LogP contribution in [0.2, 0.25) is 0 Å². The first-order valence-electron chi connectivity index (χ1n) is 11.4. The minimum absolute atomic E-state index is 0.190. The zero-order valence-corrected chi connectivity index (χ0v) is 17.2. The summed E-state index contributed by atoms with van der Waals surface area (Å²) >= 11 is 0. The molecule has 0 spiro atoms. The van der Waals surface area contributed by atoms with Crippen molar-refractivity contribution in [1.82, 2.24) is 15.3 Å². The van der Waals surface area contributed by atoms with Crippen LogP contribution in [0, 0.1) is 11.7 Å². The topological polar surface area (TPSA) is 55.8 Å². The number of amides is 1. The van der Waals surface area contributed by atoms with Gasteiger partial charge >= 0.3 is 0 Å². The average Bonchev–Trinajstić information content (AvgIpc) is 3.58. The van der Waals surface area contributed by atoms with E-state index in [9.17, 15) is 9.18 Å². The fraction of sp³-hybridized carbons (Fsp3) is 0.696. The highest BCUT2D eigenvalue weighted by atomic mass is 19.1. The van der Waals surface area contributed by atoms with E-state index in [2.05, 4.69) is 16.7 Å². The van der Waals surface area contributed by atoms with E-state index in [0.29, 0.717) is 25.0 Å². The van der Waals surface area contributed by atoms with Gasteiger partial charge in [-0.05, 0) is 80.5 Å². The number of nitrogens with one attached hydrogen (secondary N) is 1. The third-order valence-corrected chi connectivity index (χ3v) is 7.93. The van der Waals surface area contributed by atoms with E-state index < -0.39 is 5.91 Å². The third kappa shape index (κ3) is 3.49. The van der Waals surface area contributed by atoms with Gasteiger partial charge in [0.05, 0.1) is 0 Å². The van der Waals surface area contributed by atoms with E-state index >= 15 is 0 Å². The number of hydrogen-bond acceptors (Lipinski definition) is 4. The summed E-state index contributed by atoms with van der Waals surface area (Å²) in [5.41, 5.74) is 3.46. The molecule has 2 N–H and O–H groups in total. The summed E-state index contributed by atoms with van der Waals surface area (Å²) in [5, 5.41) is 8.94. The first-order chi connectivity index (χ1) is 14.1. The zero-order valence-electron chi connectivity index (χ0n) is 17.2. The van der Waals surface area contributed by atoms with E-state index in [1.807, 2.05) is 0 Å². The molecule has 1 aromatic rings. The molecule has 2 saturated carbocycles. The molecule has 29 heavy (non-hydrogen) atoms. The van der Waals surface area contributed by atoms with Crippen LogP contribution >= 0.6 is 0 Å². The largest absolute Gasteiger partial charge is 0.294 e. The van der Waals surface area contributed by atoms with Crippen LogP contribution in [0.5, 0.6) is 0 Å². The minimum Gasteiger partial charge on any atom is -0.294 e. The number of carbonyl (C=O) groups excluding carboxylic acids is 1. The Hall–Kier alpha value is -1.50. The standard InChI is InChI=1S/C23H32FN3O2/c1-2-17-11-20-16(9-15(10-21(20)24)23(28)25-29)12-26(17)13-22-14-3-5-18(6-4-14)27(22)19-7-8-19/h9-10,14,17-19,22,29H,2-8,11-13H2,1H3,(H,25,28)/t14?,17-,18?,22-/m0/s1. The lowest BCUT2D eigenvalue weighted by Crippen LogP contribution is -2.60. The van der Waals surface area contributed by atoms with Crippen LogP contribution in [0.25, 0.3) is 0 Å². The van der Waals surface area contributed by atoms with Crippen molar-refractivity contribution in [3.05, 3.63) is 34.6 Å². The molecular weight excluding hydrogens is 369 g/mol. The molecule has 6 rings (SSSR count). The molecule has 0 unspecified atom stereocenters. The second-order valence-electron chi connectivity index (χ2n) is 9.55. The smallest absolute Gasteiger partial charge is 0.274 e. The van der Waals surface area contributed by atoms with Crippen LogP contribution in [-0.4, -0.2) is 51.6 Å². The van der Waals surface area contributed by atoms with Crippen molar-refractivity contribution >= 4 is 5.91 Å². The molecule has 6 heteroatoms. The van der Waals surface area contributed by atoms with Gasteiger partial charge in [-0.25, -0.2) is 9.87 Å². The van der Waals surface area contributed by atoms with Crippen LogP contribution in [0.1, 0.15) is 73.4 Å². The lowest BCUT2D eigenvalue weighted by molar-refractivity contribution is -0.0421. The van der Waals surface area contributed by atoms with E-state index in [4.69, 9.17) is 5.21 Å². The summed E-state index contributed by atoms with van der Waals surface area (Å²) in [4.78, 5) is 17.2. The maximum atomic E-state index is 14.7. The normalized spacial score (nSPS) is 32.2. The second kappa shape index (κ2) is 7.64. The lowest BCUT2D eigenvalue weighted by Gasteiger charge is -2.54. The molecule has 2 aliphatic carbocycles. The van der Waals surface area contributed by atoms with Crippen LogP contribution in [0.15, 0.2) is 12.1 Å². The molecule has 5 nitrogen and oxygen atoms in total. The summed E-state index contributed by atoms with van der Waals surface area (Å²) in [6.07, 6.45) is 9.84. The fourth-order valence-electron chi connectivity index (χ4n) is 6.31. The van der Waals surface area contributed by atoms with Crippen molar-refractivity contribution in [3.8, 4) is 0 Å². The Morgan fingerprint density at radius 1 is 1.17 bits per heavy atom. The molecule has 3 aliphatic heterocycles. The number of carbonyl (C=O) groups is 1. The maximum Gasteiger partial charge on any atom is 0.274 e. The molecule has 4 fully saturated rings. The summed E-state index contributed by atoms with van der Waals surface area (Å²) in [6, 6.07) is 5.54. The number of benzene rings is 1. The maximum absolute atomic E-state index is 14.7. The molecule has 2 saturated heterocycles. The van der Waals surface area contributed by atoms with E-state index in [1.165, 1.54) is 44.6 Å². The number of hydroxylamine groups is 1. The van der Waals surface area contributed by atoms with Crippen molar-refractivity contribution in [2.24, 2.45) is 5.92 Å². The average molecular weight is 402 g/mol. The Bertz CT molecular complexity index is 789. The summed E-state index contributed by atoms with van der Waals surface area (Å²) in [5.74, 6) is -0.182. The number of halogens is 1. The van der Waals surface area contributed by atoms with Gasteiger partial charge in [0.15, 0.2) is 0 Å². The van der Waals surface area contributed by atoms with Crippen LogP contribution in [-0.2, 0) is 13.0 Å². The van der Waals surface area contributed by atoms with Gasteiger partial charge in [0.25, 0.3) is 5.91 Å². The first kappa shape index (κ1) is 19.5. The van der Waals surface area contributed by atoms with E-state index in [0.717, 1.165) is 42.1 Å². The Labute approximate surface area is 172 Å². The van der Waals surface area contributed by atoms with Gasteiger partial charge in [0.1, 0.15) is 5.82 Å². The predicted molar refractivity (Wildman–Crippen MR) is 108 cm³/mol. The number of fused-ring (bicyclic) bond motifs is 4. The lowest BCUT2D eigenvalue weighted by atomic mass is 9.74. The molecule has 3 heterocycles. The molecule has 5 aliphatic rings. The molecule has 2 bridgehead atoms. The van der Waals surface area contributed by atoms with Crippen LogP contribution < -0.4 is 5.48 Å². The minimum atomic E-state index is -0.652. The van der Waals surface area contributed by atoms with Gasteiger partial charge in [0, 0.05) is 42.8 Å². The Morgan fingerprint density at radius 3 is 2.48 bits per heavy atom. The van der Waals surface area contributed by atoms with Crippen LogP contribution in [0.4, 0.5) is 4.39 Å². The van der Waals surface area contributed by atoms with Crippen molar-refractivity contribution in [3.63, 3.8) is 0 Å². The molecule has 158 valence electrons. The Morgan fingerprint density at radius 2 is 1.86 bits per heavy atom. The van der Waals surface area contributed by atoms with Gasteiger partial charge in [-0.2, -0.15) is 0 Å². The van der Waals surface area contributed by atoms with Gasteiger partial charge in [0.2, 0.25) is 0 Å². The Kier molecular flexibility index (Phi) is 5.13. The van der Waals surface area contributed by atoms with Crippen molar-refractivity contribution < 1.29 is 14.4 Å². The molecular formula is C23H32FN3O2. The molecule has 0 aromatic heterocycles. The third-order valence-electron chi connectivity index (χ3n) is 7.93. The number of piperidine rings is 2. The zero-order chi connectivity index (χ0) is 20.1. The highest BCUT2D eigenvalue weighted by Crippen LogP contribution is 2.46. The quantitative estimate of drug-likeness (QED) is 0.586. The summed E-state index contributed by atoms with van der Waals surface area (Å²) in [7, 11) is 0. The number of nitrogens with zero attached hydrogens (tertiary/aromatic N) is 2. The Balaban J connectivity index is 1.41. The monoisotopic (exact) mass is 401 g/mol. The van der Waals surface area contributed by atoms with E-state index in [-0.39, 0.29) is 11.4 Å². The van der Waals surface area contributed by atoms with Gasteiger partial charge < -0.3 is 0 Å². The number of rotatable bonds is 5. The first-order valence-corrected chi connectivity index (χ1v) is 11.4. The highest BCUT2D eigenvalue weighted by molar-refractivity contribution is 5.93. The molecule has 1 aromatic carbocycles. The van der Waals surface area contributed by atoms with Crippen molar-refractivity contribution in [1.29, 1.82) is 0 Å². The van der Waals surface area contributed by atoms with E-state index in [1.54, 1.807) is 11.5 Å². The summed E-state index contributed by atoms with van der Waals surface area (Å²) < 4.78 is 14.7. The predicted octanol–water partition coefficient (Wildman–Crippen LogP) is 3.49. The van der Waals surface area contributed by atoms with Gasteiger partial charge in [-0.3, -0.25) is 19.8 Å². The molecule has 0 radical (unpaired) electrons. The highest BCUT2D eigenvalue weighted by Gasteiger charge is 2.48. The fourth-order valence-corrected chi connectivity index (χ4v) is 6.31. The molecule has 1 amide bonds. The van der Waals surface area contributed by atoms with Crippen molar-refractivity contribution in [2.45, 2.75) is 89.0 Å². The number of hydrogen-bond donors (Lipinski definition) is 2. The van der Waals surface area contributed by atoms with Crippen molar-refractivity contribution in [2.75, 3.05) is 6.54 Å². The van der Waals surface area contributed by atoms with Crippen LogP contribution in [0.3, 0.4) is 0 Å². The van der Waals surface area contributed by atoms with Gasteiger partial charge in [-0.1, -0.05) is 6.92 Å². The van der Waals surface area contributed by atoms with Gasteiger partial charge in [-0.15, -0.1) is 0 Å². The molecule has 2 atom stereocenters. The second-order valence-corrected chi connectivity index (χ2v) is 9.55. The summed E-state index contributed by atoms with van der Waals surface area (Å²) in [6.45, 7) is 3.93.